The molecule has 0 aliphatic heterocycles. The number of ether oxygens (including phenoxy) is 1. The minimum atomic E-state index is -0.0625. The fraction of sp³-hybridized carbons (Fsp3) is 0.889. The Morgan fingerprint density at radius 2 is 2.31 bits per heavy atom. The van der Waals surface area contributed by atoms with Crippen molar-refractivity contribution in [2.75, 3.05) is 13.7 Å². The molecule has 0 saturated heterocycles. The Morgan fingerprint density at radius 1 is 1.69 bits per heavy atom. The third kappa shape index (κ3) is 2.00. The fourth-order valence-electron chi connectivity index (χ4n) is 1.57. The molecule has 0 aromatic rings. The molecule has 1 saturated carbocycles. The van der Waals surface area contributed by atoms with Crippen LogP contribution in [-0.2, 0) is 9.53 Å². The van der Waals surface area contributed by atoms with E-state index in [9.17, 15) is 4.79 Å². The van der Waals surface area contributed by atoms with Crippen LogP contribution in [0, 0.1) is 5.41 Å². The lowest BCUT2D eigenvalue weighted by molar-refractivity contribution is -0.128. The van der Waals surface area contributed by atoms with Gasteiger partial charge < -0.3 is 15.8 Å². The van der Waals surface area contributed by atoms with Gasteiger partial charge in [-0.05, 0) is 6.42 Å². The standard InChI is InChI=1S/C9H18N2O2/c1-9(2)6(10)4-7(9)11-8(12)5-13-3/h6-7H,4-5,10H2,1-3H3,(H,11,12). The summed E-state index contributed by atoms with van der Waals surface area (Å²) < 4.78 is 4.72. The summed E-state index contributed by atoms with van der Waals surface area (Å²) in [7, 11) is 1.51. The molecule has 4 heteroatoms. The summed E-state index contributed by atoms with van der Waals surface area (Å²) in [5.41, 5.74) is 5.83. The van der Waals surface area contributed by atoms with Crippen LogP contribution in [0.4, 0.5) is 0 Å². The lowest BCUT2D eigenvalue weighted by Gasteiger charge is -2.50. The highest BCUT2D eigenvalue weighted by molar-refractivity contribution is 5.77. The van der Waals surface area contributed by atoms with Crippen molar-refractivity contribution < 1.29 is 9.53 Å². The van der Waals surface area contributed by atoms with Crippen molar-refractivity contribution in [2.45, 2.75) is 32.4 Å². The van der Waals surface area contributed by atoms with E-state index in [-0.39, 0.29) is 30.0 Å². The van der Waals surface area contributed by atoms with E-state index >= 15 is 0 Å². The normalized spacial score (nSPS) is 30.8. The maximum atomic E-state index is 11.2. The lowest BCUT2D eigenvalue weighted by Crippen LogP contribution is -2.64. The molecule has 4 nitrogen and oxygen atoms in total. The molecule has 0 aromatic carbocycles. The Morgan fingerprint density at radius 3 is 2.69 bits per heavy atom. The van der Waals surface area contributed by atoms with Gasteiger partial charge in [-0.15, -0.1) is 0 Å². The summed E-state index contributed by atoms with van der Waals surface area (Å²) >= 11 is 0. The van der Waals surface area contributed by atoms with E-state index in [1.165, 1.54) is 7.11 Å². The molecular weight excluding hydrogens is 168 g/mol. The van der Waals surface area contributed by atoms with Gasteiger partial charge in [-0.2, -0.15) is 0 Å². The maximum Gasteiger partial charge on any atom is 0.246 e. The second-order valence-corrected chi connectivity index (χ2v) is 4.22. The van der Waals surface area contributed by atoms with E-state index in [1.807, 2.05) is 0 Å². The van der Waals surface area contributed by atoms with Crippen molar-refractivity contribution in [3.05, 3.63) is 0 Å². The molecule has 0 spiro atoms. The van der Waals surface area contributed by atoms with Gasteiger partial charge in [-0.3, -0.25) is 4.79 Å². The Labute approximate surface area is 78.8 Å². The zero-order valence-electron chi connectivity index (χ0n) is 8.46. The Bertz CT molecular complexity index is 204. The van der Waals surface area contributed by atoms with Crippen LogP contribution in [0.15, 0.2) is 0 Å². The zero-order valence-corrected chi connectivity index (χ0v) is 8.46. The molecule has 1 rings (SSSR count). The molecule has 0 bridgehead atoms. The Kier molecular flexibility index (Phi) is 2.93. The van der Waals surface area contributed by atoms with Gasteiger partial charge in [0.1, 0.15) is 6.61 Å². The van der Waals surface area contributed by atoms with Crippen LogP contribution < -0.4 is 11.1 Å². The third-order valence-corrected chi connectivity index (χ3v) is 2.95. The van der Waals surface area contributed by atoms with Crippen molar-refractivity contribution >= 4 is 5.91 Å². The average molecular weight is 186 g/mol. The molecule has 1 aliphatic carbocycles. The second-order valence-electron chi connectivity index (χ2n) is 4.22. The molecule has 1 amide bonds. The van der Waals surface area contributed by atoms with E-state index < -0.39 is 0 Å². The molecular formula is C9H18N2O2. The fourth-order valence-corrected chi connectivity index (χ4v) is 1.57. The first-order valence-electron chi connectivity index (χ1n) is 4.52. The molecule has 1 aliphatic rings. The quantitative estimate of drug-likeness (QED) is 0.645. The summed E-state index contributed by atoms with van der Waals surface area (Å²) in [5, 5.41) is 2.89. The molecule has 76 valence electrons. The number of amides is 1. The third-order valence-electron chi connectivity index (χ3n) is 2.95. The van der Waals surface area contributed by atoms with Gasteiger partial charge in [0.15, 0.2) is 0 Å². The van der Waals surface area contributed by atoms with Crippen molar-refractivity contribution in [3.8, 4) is 0 Å². The highest BCUT2D eigenvalue weighted by Crippen LogP contribution is 2.38. The number of carbonyl (C=O) groups excluding carboxylic acids is 1. The molecule has 1 fully saturated rings. The van der Waals surface area contributed by atoms with Crippen LogP contribution in [0.25, 0.3) is 0 Å². The first kappa shape index (κ1) is 10.5. The van der Waals surface area contributed by atoms with Crippen molar-refractivity contribution in [3.63, 3.8) is 0 Å². The minimum absolute atomic E-state index is 0.0173. The molecule has 0 radical (unpaired) electrons. The van der Waals surface area contributed by atoms with Gasteiger partial charge >= 0.3 is 0 Å². The van der Waals surface area contributed by atoms with Gasteiger partial charge in [0.25, 0.3) is 0 Å². The summed E-state index contributed by atoms with van der Waals surface area (Å²) in [6.45, 7) is 4.26. The van der Waals surface area contributed by atoms with E-state index in [1.54, 1.807) is 0 Å². The van der Waals surface area contributed by atoms with E-state index in [4.69, 9.17) is 10.5 Å². The predicted octanol–water partition coefficient (Wildman–Crippen LogP) is -0.125. The van der Waals surface area contributed by atoms with Crippen molar-refractivity contribution in [1.82, 2.24) is 5.32 Å². The second kappa shape index (κ2) is 3.64. The molecule has 13 heavy (non-hydrogen) atoms. The zero-order chi connectivity index (χ0) is 10.1. The monoisotopic (exact) mass is 186 g/mol. The van der Waals surface area contributed by atoms with E-state index in [2.05, 4.69) is 19.2 Å². The van der Waals surface area contributed by atoms with Crippen LogP contribution in [-0.4, -0.2) is 31.7 Å². The molecule has 0 heterocycles. The van der Waals surface area contributed by atoms with E-state index in [0.717, 1.165) is 6.42 Å². The van der Waals surface area contributed by atoms with Gasteiger partial charge in [0, 0.05) is 24.6 Å². The van der Waals surface area contributed by atoms with Crippen LogP contribution in [0.3, 0.4) is 0 Å². The first-order valence-corrected chi connectivity index (χ1v) is 4.52. The lowest BCUT2D eigenvalue weighted by atomic mass is 9.63. The van der Waals surface area contributed by atoms with Crippen LogP contribution in [0.5, 0.6) is 0 Å². The minimum Gasteiger partial charge on any atom is -0.375 e. The number of carbonyl (C=O) groups is 1. The SMILES string of the molecule is COCC(=O)NC1CC(N)C1(C)C. The smallest absolute Gasteiger partial charge is 0.246 e. The number of rotatable bonds is 3. The molecule has 2 unspecified atom stereocenters. The van der Waals surface area contributed by atoms with Gasteiger partial charge in [-0.1, -0.05) is 13.8 Å². The molecule has 2 atom stereocenters. The number of methoxy groups -OCH3 is 1. The summed E-state index contributed by atoms with van der Waals surface area (Å²) in [4.78, 5) is 11.2. The van der Waals surface area contributed by atoms with Gasteiger partial charge in [-0.25, -0.2) is 0 Å². The highest BCUT2D eigenvalue weighted by Gasteiger charge is 2.46. The summed E-state index contributed by atoms with van der Waals surface area (Å²) in [6.07, 6.45) is 0.864. The Hall–Kier alpha value is -0.610. The first-order chi connectivity index (χ1) is 5.98. The van der Waals surface area contributed by atoms with E-state index in [0.29, 0.717) is 0 Å². The number of nitrogens with one attached hydrogen (secondary N) is 1. The van der Waals surface area contributed by atoms with Crippen LogP contribution in [0.2, 0.25) is 0 Å². The van der Waals surface area contributed by atoms with Crippen LogP contribution >= 0.6 is 0 Å². The number of hydrogen-bond donors (Lipinski definition) is 2. The van der Waals surface area contributed by atoms with Gasteiger partial charge in [0.05, 0.1) is 0 Å². The van der Waals surface area contributed by atoms with Crippen molar-refractivity contribution in [2.24, 2.45) is 11.1 Å². The molecule has 0 aromatic heterocycles. The topological polar surface area (TPSA) is 64.3 Å². The molecule has 3 N–H and O–H groups in total. The van der Waals surface area contributed by atoms with Crippen LogP contribution in [0.1, 0.15) is 20.3 Å². The number of hydrogen-bond acceptors (Lipinski definition) is 3. The summed E-state index contributed by atoms with van der Waals surface area (Å²) in [5.74, 6) is -0.0625. The van der Waals surface area contributed by atoms with Crippen molar-refractivity contribution in [1.29, 1.82) is 0 Å². The number of nitrogens with two attached hydrogens (primary N) is 1. The van der Waals surface area contributed by atoms with Gasteiger partial charge in [0.2, 0.25) is 5.91 Å². The average Bonchev–Trinajstić information content (AvgIpc) is 2.04. The largest absolute Gasteiger partial charge is 0.375 e. The summed E-state index contributed by atoms with van der Waals surface area (Å²) in [6, 6.07) is 0.394. The highest BCUT2D eigenvalue weighted by atomic mass is 16.5. The predicted molar refractivity (Wildman–Crippen MR) is 50.2 cm³/mol. The Balaban J connectivity index is 2.36. The maximum absolute atomic E-state index is 11.2.